The van der Waals surface area contributed by atoms with E-state index in [0.29, 0.717) is 13.0 Å². The molecule has 0 aliphatic carbocycles. The molecule has 2 aromatic rings. The molecule has 0 aromatic heterocycles. The number of Topliss-reactive ketones (excluding diaryl/α,β-unsaturated/α-hetero) is 1. The molecule has 37 heavy (non-hydrogen) atoms. The van der Waals surface area contributed by atoms with Gasteiger partial charge in [-0.3, -0.25) is 4.79 Å². The number of carbonyl (C=O) groups is 2. The first kappa shape index (κ1) is 33.3. The summed E-state index contributed by atoms with van der Waals surface area (Å²) in [6.07, 6.45) is 7.74. The summed E-state index contributed by atoms with van der Waals surface area (Å²) in [6, 6.07) is 16.1. The predicted octanol–water partition coefficient (Wildman–Crippen LogP) is 8.52. The van der Waals surface area contributed by atoms with Crippen LogP contribution in [0.25, 0.3) is 5.57 Å². The van der Waals surface area contributed by atoms with Crippen molar-refractivity contribution in [3.05, 3.63) is 109 Å². The Morgan fingerprint density at radius 3 is 2.14 bits per heavy atom. The first-order valence-corrected chi connectivity index (χ1v) is 13.0. The number of ketones is 1. The molecular formula is C33H45NO3. The van der Waals surface area contributed by atoms with Gasteiger partial charge in [-0.25, -0.2) is 0 Å². The molecule has 200 valence electrons. The number of allylic oxidation sites excluding steroid dienone is 4. The van der Waals surface area contributed by atoms with Gasteiger partial charge in [0.1, 0.15) is 18.1 Å². The lowest BCUT2D eigenvalue weighted by atomic mass is 9.89. The molecule has 0 N–H and O–H groups in total. The molecule has 1 heterocycles. The van der Waals surface area contributed by atoms with Crippen LogP contribution in [0, 0.1) is 0 Å². The average Bonchev–Trinajstić information content (AvgIpc) is 2.91. The van der Waals surface area contributed by atoms with Crippen LogP contribution in [0.5, 0.6) is 5.75 Å². The molecule has 3 rings (SSSR count). The molecule has 0 radical (unpaired) electrons. The van der Waals surface area contributed by atoms with E-state index < -0.39 is 0 Å². The lowest BCUT2D eigenvalue weighted by molar-refractivity contribution is -0.148. The number of amides is 1. The molecule has 2 unspecified atom stereocenters. The molecule has 1 amide bonds. The van der Waals surface area contributed by atoms with Gasteiger partial charge in [-0.05, 0) is 43.5 Å². The number of benzene rings is 2. The number of hydrogen-bond donors (Lipinski definition) is 0. The van der Waals surface area contributed by atoms with E-state index in [1.54, 1.807) is 18.2 Å². The third-order valence-electron chi connectivity index (χ3n) is 5.23. The van der Waals surface area contributed by atoms with Crippen LogP contribution in [0.4, 0.5) is 0 Å². The molecule has 1 aliphatic rings. The first-order chi connectivity index (χ1) is 17.8. The van der Waals surface area contributed by atoms with E-state index in [2.05, 4.69) is 25.8 Å². The minimum absolute atomic E-state index is 0.00844. The van der Waals surface area contributed by atoms with Gasteiger partial charge in [0.15, 0.2) is 0 Å². The van der Waals surface area contributed by atoms with Crippen LogP contribution in [-0.4, -0.2) is 22.6 Å². The van der Waals surface area contributed by atoms with Crippen LogP contribution in [0.2, 0.25) is 0 Å². The molecule has 1 fully saturated rings. The van der Waals surface area contributed by atoms with Crippen molar-refractivity contribution in [2.24, 2.45) is 0 Å². The van der Waals surface area contributed by atoms with Crippen molar-refractivity contribution in [3.8, 4) is 5.75 Å². The second-order valence-corrected chi connectivity index (χ2v) is 7.99. The fourth-order valence-corrected chi connectivity index (χ4v) is 3.57. The fraction of sp³-hybridized carbons (Fsp3) is 0.333. The largest absolute Gasteiger partial charge is 0.489 e. The van der Waals surface area contributed by atoms with Crippen LogP contribution in [-0.2, 0) is 16.2 Å². The van der Waals surface area contributed by atoms with Crippen molar-refractivity contribution in [3.63, 3.8) is 0 Å². The summed E-state index contributed by atoms with van der Waals surface area (Å²) >= 11 is 0. The Bertz CT molecular complexity index is 1030. The SMILES string of the molecule is C=C/C=C(\C=C)c1ccc(C2CC(=O)N2C(C)C=C)c(OCc2ccccc2)c1.CC.CC.CC(C)=O. The van der Waals surface area contributed by atoms with E-state index >= 15 is 0 Å². The first-order valence-electron chi connectivity index (χ1n) is 13.0. The quantitative estimate of drug-likeness (QED) is 0.196. The third kappa shape index (κ3) is 10.5. The zero-order valence-corrected chi connectivity index (χ0v) is 23.8. The van der Waals surface area contributed by atoms with E-state index in [1.807, 2.05) is 88.1 Å². The van der Waals surface area contributed by atoms with Crippen LogP contribution >= 0.6 is 0 Å². The summed E-state index contributed by atoms with van der Waals surface area (Å²) < 4.78 is 6.24. The standard InChI is InChI=1S/C26H27NO2.C3H6O.2C2H6/c1-5-11-21(7-3)22-14-15-23(24-17-26(28)27(24)19(4)6-2)25(16-22)29-18-20-12-9-8-10-13-20;1-3(2)4;2*1-2/h5-16,19,24H,1-3,17-18H2,4H3;1-2H3;2*1-2H3/b21-11+;;;. The molecule has 0 spiro atoms. The van der Waals surface area contributed by atoms with Crippen LogP contribution in [0.1, 0.15) is 77.6 Å². The second kappa shape index (κ2) is 18.6. The molecule has 2 aromatic carbocycles. The predicted molar refractivity (Wildman–Crippen MR) is 159 cm³/mol. The van der Waals surface area contributed by atoms with Gasteiger partial charge in [0.2, 0.25) is 5.91 Å². The third-order valence-corrected chi connectivity index (χ3v) is 5.23. The zero-order chi connectivity index (χ0) is 28.4. The van der Waals surface area contributed by atoms with Crippen molar-refractivity contribution < 1.29 is 14.3 Å². The number of rotatable bonds is 9. The maximum Gasteiger partial charge on any atom is 0.226 e. The lowest BCUT2D eigenvalue weighted by Crippen LogP contribution is -2.50. The topological polar surface area (TPSA) is 46.6 Å². The Morgan fingerprint density at radius 1 is 1.05 bits per heavy atom. The number of likely N-dealkylation sites (tertiary alicyclic amines) is 1. The average molecular weight is 504 g/mol. The summed E-state index contributed by atoms with van der Waals surface area (Å²) in [5.74, 6) is 1.08. The van der Waals surface area contributed by atoms with E-state index in [-0.39, 0.29) is 23.8 Å². The number of ether oxygens (including phenoxy) is 1. The van der Waals surface area contributed by atoms with E-state index in [9.17, 15) is 9.59 Å². The molecule has 1 saturated heterocycles. The minimum Gasteiger partial charge on any atom is -0.489 e. The summed E-state index contributed by atoms with van der Waals surface area (Å²) in [7, 11) is 0. The van der Waals surface area contributed by atoms with Crippen molar-refractivity contribution in [2.75, 3.05) is 0 Å². The summed E-state index contributed by atoms with van der Waals surface area (Å²) in [6.45, 7) is 25.0. The van der Waals surface area contributed by atoms with E-state index in [0.717, 1.165) is 28.0 Å². The van der Waals surface area contributed by atoms with Crippen molar-refractivity contribution in [2.45, 2.75) is 73.6 Å². The summed E-state index contributed by atoms with van der Waals surface area (Å²) in [4.78, 5) is 23.5. The summed E-state index contributed by atoms with van der Waals surface area (Å²) in [5.41, 5.74) is 4.08. The van der Waals surface area contributed by atoms with Crippen molar-refractivity contribution >= 4 is 17.3 Å². The number of β-lactam (4-membered cyclic amide) rings is 1. The smallest absolute Gasteiger partial charge is 0.226 e. The van der Waals surface area contributed by atoms with Gasteiger partial charge < -0.3 is 14.4 Å². The molecule has 0 saturated carbocycles. The number of nitrogens with zero attached hydrogens (tertiary/aromatic N) is 1. The molecule has 1 aliphatic heterocycles. The van der Waals surface area contributed by atoms with Crippen LogP contribution in [0.3, 0.4) is 0 Å². The maximum atomic E-state index is 12.2. The Morgan fingerprint density at radius 2 is 1.65 bits per heavy atom. The van der Waals surface area contributed by atoms with Gasteiger partial charge in [0, 0.05) is 11.6 Å². The highest BCUT2D eigenvalue weighted by Gasteiger charge is 2.40. The van der Waals surface area contributed by atoms with E-state index in [4.69, 9.17) is 4.74 Å². The summed E-state index contributed by atoms with van der Waals surface area (Å²) in [5, 5.41) is 0. The number of hydrogen-bond acceptors (Lipinski definition) is 3. The van der Waals surface area contributed by atoms with Gasteiger partial charge in [-0.1, -0.05) is 108 Å². The Hall–Kier alpha value is -3.66. The lowest BCUT2D eigenvalue weighted by Gasteiger charge is -2.44. The van der Waals surface area contributed by atoms with Gasteiger partial charge in [0.25, 0.3) is 0 Å². The molecule has 4 nitrogen and oxygen atoms in total. The molecule has 4 heteroatoms. The normalized spacial score (nSPS) is 14.6. The number of carbonyl (C=O) groups excluding carboxylic acids is 2. The molecular weight excluding hydrogens is 458 g/mol. The second-order valence-electron chi connectivity index (χ2n) is 7.99. The Kier molecular flexibility index (Phi) is 16.7. The van der Waals surface area contributed by atoms with Crippen LogP contribution < -0.4 is 4.74 Å². The van der Waals surface area contributed by atoms with Gasteiger partial charge >= 0.3 is 0 Å². The van der Waals surface area contributed by atoms with E-state index in [1.165, 1.54) is 13.8 Å². The minimum atomic E-state index is -0.0210. The molecule has 0 bridgehead atoms. The fourth-order valence-electron chi connectivity index (χ4n) is 3.57. The van der Waals surface area contributed by atoms with Gasteiger partial charge in [0.05, 0.1) is 12.5 Å². The Balaban J connectivity index is 0.00000145. The maximum absolute atomic E-state index is 12.2. The monoisotopic (exact) mass is 503 g/mol. The zero-order valence-electron chi connectivity index (χ0n) is 23.8. The van der Waals surface area contributed by atoms with Crippen molar-refractivity contribution in [1.82, 2.24) is 4.90 Å². The molecule has 2 atom stereocenters. The highest BCUT2D eigenvalue weighted by molar-refractivity contribution is 5.85. The highest BCUT2D eigenvalue weighted by atomic mass is 16.5. The van der Waals surface area contributed by atoms with Crippen LogP contribution in [0.15, 0.2) is 92.6 Å². The van der Waals surface area contributed by atoms with Gasteiger partial charge in [-0.2, -0.15) is 0 Å². The van der Waals surface area contributed by atoms with Gasteiger partial charge in [-0.15, -0.1) is 6.58 Å². The highest BCUT2D eigenvalue weighted by Crippen LogP contribution is 2.42. The van der Waals surface area contributed by atoms with Crippen molar-refractivity contribution in [1.29, 1.82) is 0 Å². The Labute approximate surface area is 225 Å².